The highest BCUT2D eigenvalue weighted by Crippen LogP contribution is 2.43. The van der Waals surface area contributed by atoms with Crippen molar-refractivity contribution in [3.05, 3.63) is 28.2 Å². The number of rotatable bonds is 4. The molecule has 0 bridgehead atoms. The first-order valence-electron chi connectivity index (χ1n) is 5.80. The number of ether oxygens (including phenoxy) is 3. The second-order valence-electron chi connectivity index (χ2n) is 4.50. The first kappa shape index (κ1) is 14.3. The summed E-state index contributed by atoms with van der Waals surface area (Å²) >= 11 is 3.40. The maximum absolute atomic E-state index is 12.0. The van der Waals surface area contributed by atoms with E-state index in [0.717, 1.165) is 10.0 Å². The molecular formula is C13H16BrNO4. The van der Waals surface area contributed by atoms with Crippen LogP contribution < -0.4 is 10.5 Å². The predicted octanol–water partition coefficient (Wildman–Crippen LogP) is 1.65. The van der Waals surface area contributed by atoms with Crippen LogP contribution in [-0.4, -0.2) is 33.4 Å². The number of hydrogen-bond acceptors (Lipinski definition) is 5. The molecule has 0 spiro atoms. The average Bonchev–Trinajstić information content (AvgIpc) is 2.36. The van der Waals surface area contributed by atoms with Crippen molar-refractivity contribution in [2.45, 2.75) is 6.04 Å². The maximum Gasteiger partial charge on any atom is 0.318 e. The van der Waals surface area contributed by atoms with Gasteiger partial charge < -0.3 is 19.9 Å². The summed E-state index contributed by atoms with van der Waals surface area (Å²) in [6.45, 7) is 0.521. The fourth-order valence-electron chi connectivity index (χ4n) is 2.20. The minimum Gasteiger partial charge on any atom is -0.496 e. The van der Waals surface area contributed by atoms with E-state index < -0.39 is 11.5 Å². The van der Waals surface area contributed by atoms with Gasteiger partial charge in [0.25, 0.3) is 0 Å². The van der Waals surface area contributed by atoms with Crippen LogP contribution in [0.2, 0.25) is 0 Å². The Balaban J connectivity index is 2.40. The molecule has 0 radical (unpaired) electrons. The van der Waals surface area contributed by atoms with Crippen LogP contribution in [0, 0.1) is 5.41 Å². The lowest BCUT2D eigenvalue weighted by Crippen LogP contribution is -2.56. The molecule has 1 aliphatic rings. The van der Waals surface area contributed by atoms with Gasteiger partial charge in [-0.25, -0.2) is 0 Å². The van der Waals surface area contributed by atoms with Gasteiger partial charge in [-0.15, -0.1) is 0 Å². The van der Waals surface area contributed by atoms with Crippen molar-refractivity contribution in [3.8, 4) is 5.75 Å². The standard InChI is InChI=1S/C13H16BrNO4/c1-17-10-4-3-8(14)5-9(10)11(15)13(6-19-7-13)12(16)18-2/h3-5,11H,6-7,15H2,1-2H3. The topological polar surface area (TPSA) is 70.8 Å². The summed E-state index contributed by atoms with van der Waals surface area (Å²) in [6.07, 6.45) is 0. The Morgan fingerprint density at radius 3 is 2.63 bits per heavy atom. The Morgan fingerprint density at radius 2 is 2.16 bits per heavy atom. The zero-order chi connectivity index (χ0) is 14.0. The molecule has 6 heteroatoms. The highest BCUT2D eigenvalue weighted by molar-refractivity contribution is 9.10. The Kier molecular flexibility index (Phi) is 4.13. The first-order valence-corrected chi connectivity index (χ1v) is 6.59. The summed E-state index contributed by atoms with van der Waals surface area (Å²) < 4.78 is 16.2. The summed E-state index contributed by atoms with van der Waals surface area (Å²) in [5, 5.41) is 0. The summed E-state index contributed by atoms with van der Waals surface area (Å²) in [7, 11) is 2.93. The fourth-order valence-corrected chi connectivity index (χ4v) is 2.57. The Bertz CT molecular complexity index is 488. The summed E-state index contributed by atoms with van der Waals surface area (Å²) in [5.41, 5.74) is 6.20. The Morgan fingerprint density at radius 1 is 1.47 bits per heavy atom. The van der Waals surface area contributed by atoms with Crippen LogP contribution >= 0.6 is 15.9 Å². The normalized spacial score (nSPS) is 18.3. The molecule has 104 valence electrons. The van der Waals surface area contributed by atoms with E-state index in [1.165, 1.54) is 7.11 Å². The van der Waals surface area contributed by atoms with Crippen LogP contribution in [0.5, 0.6) is 5.75 Å². The second-order valence-corrected chi connectivity index (χ2v) is 5.42. The lowest BCUT2D eigenvalue weighted by Gasteiger charge is -2.43. The van der Waals surface area contributed by atoms with E-state index in [4.69, 9.17) is 19.9 Å². The third-order valence-corrected chi connectivity index (χ3v) is 3.93. The van der Waals surface area contributed by atoms with Crippen molar-refractivity contribution >= 4 is 21.9 Å². The quantitative estimate of drug-likeness (QED) is 0.850. The van der Waals surface area contributed by atoms with E-state index in [1.807, 2.05) is 18.2 Å². The van der Waals surface area contributed by atoms with Crippen molar-refractivity contribution < 1.29 is 19.0 Å². The molecule has 2 N–H and O–H groups in total. The van der Waals surface area contributed by atoms with Gasteiger partial charge in [0, 0.05) is 10.0 Å². The molecular weight excluding hydrogens is 314 g/mol. The fraction of sp³-hybridized carbons (Fsp3) is 0.462. The van der Waals surface area contributed by atoms with E-state index in [9.17, 15) is 4.79 Å². The van der Waals surface area contributed by atoms with Crippen molar-refractivity contribution in [2.24, 2.45) is 11.1 Å². The zero-order valence-electron chi connectivity index (χ0n) is 10.8. The van der Waals surface area contributed by atoms with Gasteiger partial charge in [0.2, 0.25) is 0 Å². The lowest BCUT2D eigenvalue weighted by atomic mass is 9.75. The van der Waals surface area contributed by atoms with Gasteiger partial charge in [-0.05, 0) is 18.2 Å². The van der Waals surface area contributed by atoms with Gasteiger partial charge in [0.1, 0.15) is 11.2 Å². The average molecular weight is 330 g/mol. The van der Waals surface area contributed by atoms with E-state index in [-0.39, 0.29) is 19.2 Å². The molecule has 2 rings (SSSR count). The van der Waals surface area contributed by atoms with Gasteiger partial charge in [0.05, 0.1) is 33.5 Å². The van der Waals surface area contributed by atoms with Gasteiger partial charge in [-0.1, -0.05) is 15.9 Å². The highest BCUT2D eigenvalue weighted by Gasteiger charge is 2.53. The number of hydrogen-bond donors (Lipinski definition) is 1. The molecule has 19 heavy (non-hydrogen) atoms. The molecule has 5 nitrogen and oxygen atoms in total. The first-order chi connectivity index (χ1) is 9.05. The third kappa shape index (κ3) is 2.35. The van der Waals surface area contributed by atoms with Crippen LogP contribution in [0.4, 0.5) is 0 Å². The molecule has 0 amide bonds. The van der Waals surface area contributed by atoms with E-state index in [2.05, 4.69) is 15.9 Å². The maximum atomic E-state index is 12.0. The molecule has 1 aromatic rings. The molecule has 1 saturated heterocycles. The molecule has 1 unspecified atom stereocenters. The molecule has 0 aliphatic carbocycles. The Labute approximate surface area is 120 Å². The molecule has 1 aliphatic heterocycles. The van der Waals surface area contributed by atoms with Crippen LogP contribution in [-0.2, 0) is 14.3 Å². The van der Waals surface area contributed by atoms with Crippen molar-refractivity contribution in [2.75, 3.05) is 27.4 Å². The number of benzene rings is 1. The molecule has 1 aromatic carbocycles. The molecule has 0 aromatic heterocycles. The minimum absolute atomic E-state index is 0.260. The van der Waals surface area contributed by atoms with Crippen molar-refractivity contribution in [1.82, 2.24) is 0 Å². The highest BCUT2D eigenvalue weighted by atomic mass is 79.9. The van der Waals surface area contributed by atoms with Gasteiger partial charge in [-0.3, -0.25) is 4.79 Å². The summed E-state index contributed by atoms with van der Waals surface area (Å²) in [4.78, 5) is 12.0. The SMILES string of the molecule is COC(=O)C1(C(N)c2cc(Br)ccc2OC)COC1. The largest absolute Gasteiger partial charge is 0.496 e. The van der Waals surface area contributed by atoms with Crippen LogP contribution in [0.15, 0.2) is 22.7 Å². The number of halogens is 1. The van der Waals surface area contributed by atoms with E-state index in [1.54, 1.807) is 7.11 Å². The van der Waals surface area contributed by atoms with E-state index >= 15 is 0 Å². The van der Waals surface area contributed by atoms with Gasteiger partial charge in [0.15, 0.2) is 0 Å². The third-order valence-electron chi connectivity index (χ3n) is 3.43. The number of nitrogens with two attached hydrogens (primary N) is 1. The van der Waals surface area contributed by atoms with E-state index in [0.29, 0.717) is 5.75 Å². The lowest BCUT2D eigenvalue weighted by molar-refractivity contribution is -0.188. The van der Waals surface area contributed by atoms with Crippen LogP contribution in [0.1, 0.15) is 11.6 Å². The van der Waals surface area contributed by atoms with Gasteiger partial charge >= 0.3 is 5.97 Å². The van der Waals surface area contributed by atoms with Crippen LogP contribution in [0.25, 0.3) is 0 Å². The smallest absolute Gasteiger partial charge is 0.318 e. The van der Waals surface area contributed by atoms with Gasteiger partial charge in [-0.2, -0.15) is 0 Å². The number of methoxy groups -OCH3 is 2. The number of carbonyl (C=O) groups is 1. The minimum atomic E-state index is -0.831. The molecule has 0 saturated carbocycles. The second kappa shape index (κ2) is 5.48. The molecule has 1 heterocycles. The Hall–Kier alpha value is -1.11. The van der Waals surface area contributed by atoms with Crippen molar-refractivity contribution in [1.29, 1.82) is 0 Å². The monoisotopic (exact) mass is 329 g/mol. The number of carbonyl (C=O) groups excluding carboxylic acids is 1. The van der Waals surface area contributed by atoms with Crippen LogP contribution in [0.3, 0.4) is 0 Å². The van der Waals surface area contributed by atoms with Crippen molar-refractivity contribution in [3.63, 3.8) is 0 Å². The predicted molar refractivity (Wildman–Crippen MR) is 72.9 cm³/mol. The molecule has 1 fully saturated rings. The zero-order valence-corrected chi connectivity index (χ0v) is 12.4. The summed E-state index contributed by atoms with van der Waals surface area (Å²) in [5.74, 6) is 0.291. The summed E-state index contributed by atoms with van der Waals surface area (Å²) in [6, 6.07) is 4.98. The molecule has 1 atom stereocenters. The number of esters is 1.